The molecule has 4 rings (SSSR count). The zero-order chi connectivity index (χ0) is 32.6. The summed E-state index contributed by atoms with van der Waals surface area (Å²) in [6.07, 6.45) is 9.84. The summed E-state index contributed by atoms with van der Waals surface area (Å²) in [5, 5.41) is 9.10. The molecule has 2 amide bonds. The maximum absolute atomic E-state index is 14.8. The second kappa shape index (κ2) is 16.5. The lowest BCUT2D eigenvalue weighted by Gasteiger charge is -2.38. The number of nitrogens with zero attached hydrogens (tertiary/aromatic N) is 3. The molecular weight excluding hydrogens is 654 g/mol. The highest BCUT2D eigenvalue weighted by molar-refractivity contribution is 9.09. The van der Waals surface area contributed by atoms with Gasteiger partial charge in [0, 0.05) is 54.2 Å². The molecule has 6 atom stereocenters. The number of amides is 2. The van der Waals surface area contributed by atoms with E-state index in [0.29, 0.717) is 32.5 Å². The van der Waals surface area contributed by atoms with E-state index in [1.54, 1.807) is 27.6 Å². The Balaban J connectivity index is 1.66. The van der Waals surface area contributed by atoms with Gasteiger partial charge in [0.2, 0.25) is 5.91 Å². The van der Waals surface area contributed by atoms with Crippen LogP contribution in [0.2, 0.25) is 0 Å². The van der Waals surface area contributed by atoms with Crippen LogP contribution < -0.4 is 9.80 Å². The molecule has 3 heterocycles. The normalized spacial score (nSPS) is 26.5. The third-order valence-corrected chi connectivity index (χ3v) is 12.7. The number of unbranched alkanes of at least 4 members (excludes halogenated alkanes) is 5. The Kier molecular flexibility index (Phi) is 13.0. The molecule has 3 unspecified atom stereocenters. The minimum absolute atomic E-state index is 0.00845. The number of esters is 1. The average Bonchev–Trinajstić information content (AvgIpc) is 3.63. The number of allylic oxidation sites excluding steroid dienone is 1. The molecule has 2 bridgehead atoms. The third kappa shape index (κ3) is 7.33. The number of carbonyl (C=O) groups is 3. The van der Waals surface area contributed by atoms with Crippen LogP contribution in [0.1, 0.15) is 65.2 Å². The van der Waals surface area contributed by atoms with Crippen molar-refractivity contribution in [2.24, 2.45) is 11.8 Å². The molecule has 0 saturated carbocycles. The van der Waals surface area contributed by atoms with Crippen molar-refractivity contribution in [3.8, 4) is 0 Å². The van der Waals surface area contributed by atoms with E-state index >= 15 is 0 Å². The largest absolute Gasteiger partial charge is 0.465 e. The van der Waals surface area contributed by atoms with E-state index < -0.39 is 22.6 Å². The lowest BCUT2D eigenvalue weighted by atomic mass is 9.71. The van der Waals surface area contributed by atoms with Crippen molar-refractivity contribution in [1.82, 2.24) is 4.90 Å². The predicted molar refractivity (Wildman–Crippen MR) is 187 cm³/mol. The number of hydrogen-bond acceptors (Lipinski definition) is 7. The van der Waals surface area contributed by atoms with Gasteiger partial charge in [0.1, 0.15) is 6.04 Å². The smallest absolute Gasteiger partial charge is 0.310 e. The number of benzene rings is 1. The maximum atomic E-state index is 14.8. The van der Waals surface area contributed by atoms with Gasteiger partial charge in [-0.25, -0.2) is 0 Å². The number of likely N-dealkylation sites (tertiary alicyclic amines) is 1. The van der Waals surface area contributed by atoms with Gasteiger partial charge in [-0.15, -0.1) is 24.9 Å². The van der Waals surface area contributed by atoms with Gasteiger partial charge in [0.25, 0.3) is 5.91 Å². The van der Waals surface area contributed by atoms with Crippen LogP contribution in [-0.2, 0) is 19.1 Å². The van der Waals surface area contributed by atoms with Crippen molar-refractivity contribution in [2.75, 3.05) is 49.2 Å². The van der Waals surface area contributed by atoms with E-state index in [1.807, 2.05) is 30.3 Å². The van der Waals surface area contributed by atoms with Crippen LogP contribution in [0.3, 0.4) is 0 Å². The van der Waals surface area contributed by atoms with E-state index in [0.717, 1.165) is 63.0 Å². The highest BCUT2D eigenvalue weighted by Crippen LogP contribution is 2.68. The minimum atomic E-state index is -0.731. The molecule has 1 aromatic carbocycles. The van der Waals surface area contributed by atoms with Gasteiger partial charge >= 0.3 is 5.97 Å². The van der Waals surface area contributed by atoms with E-state index in [-0.39, 0.29) is 34.5 Å². The SMILES string of the molecule is C=CCCCCOC(=O)[C@H]1[C@@H]2SC3(CC2Br)C(C(=O)N(CC=C)c2ccc(N(CC)CC)cc2)N(CCCCCCO)C(=O)[C@H]13. The van der Waals surface area contributed by atoms with Gasteiger partial charge in [-0.2, -0.15) is 0 Å². The summed E-state index contributed by atoms with van der Waals surface area (Å²) >= 11 is 5.48. The second-order valence-corrected chi connectivity index (χ2v) is 14.9. The van der Waals surface area contributed by atoms with Crippen LogP contribution >= 0.6 is 27.7 Å². The Morgan fingerprint density at radius 2 is 1.76 bits per heavy atom. The van der Waals surface area contributed by atoms with Gasteiger partial charge in [-0.1, -0.05) is 40.9 Å². The Morgan fingerprint density at radius 3 is 2.40 bits per heavy atom. The van der Waals surface area contributed by atoms with Crippen molar-refractivity contribution in [1.29, 1.82) is 0 Å². The molecule has 45 heavy (non-hydrogen) atoms. The van der Waals surface area contributed by atoms with Crippen molar-refractivity contribution in [3.63, 3.8) is 0 Å². The fourth-order valence-corrected chi connectivity index (χ4v) is 11.0. The third-order valence-electron chi connectivity index (χ3n) is 9.52. The monoisotopic (exact) mass is 703 g/mol. The Bertz CT molecular complexity index is 1190. The topological polar surface area (TPSA) is 90.4 Å². The van der Waals surface area contributed by atoms with Gasteiger partial charge < -0.3 is 24.5 Å². The first kappa shape index (κ1) is 35.6. The first-order valence-electron chi connectivity index (χ1n) is 16.6. The summed E-state index contributed by atoms with van der Waals surface area (Å²) in [6.45, 7) is 14.9. The number of halogens is 1. The maximum Gasteiger partial charge on any atom is 0.310 e. The molecule has 3 aliphatic heterocycles. The fourth-order valence-electron chi connectivity index (χ4n) is 7.36. The van der Waals surface area contributed by atoms with Crippen molar-refractivity contribution in [3.05, 3.63) is 49.6 Å². The average molecular weight is 705 g/mol. The van der Waals surface area contributed by atoms with Crippen LogP contribution in [0.25, 0.3) is 0 Å². The van der Waals surface area contributed by atoms with Crippen LogP contribution in [0.5, 0.6) is 0 Å². The van der Waals surface area contributed by atoms with Gasteiger partial charge in [0.05, 0.1) is 23.2 Å². The van der Waals surface area contributed by atoms with Crippen LogP contribution in [0.4, 0.5) is 11.4 Å². The number of aliphatic hydroxyl groups excluding tert-OH is 1. The van der Waals surface area contributed by atoms with Gasteiger partial charge in [0.15, 0.2) is 0 Å². The number of alkyl halides is 1. The summed E-state index contributed by atoms with van der Waals surface area (Å²) in [5.74, 6) is -1.79. The summed E-state index contributed by atoms with van der Waals surface area (Å²) in [7, 11) is 0. The van der Waals surface area contributed by atoms with Gasteiger partial charge in [-0.05, 0) is 76.6 Å². The van der Waals surface area contributed by atoms with E-state index in [4.69, 9.17) is 4.74 Å². The number of rotatable bonds is 19. The molecule has 1 N–H and O–H groups in total. The standard InChI is InChI=1S/C35H50BrN3O5S/c1-5-9-10-15-23-44-34(43)28-29-32(41)39(21-13-11-12-14-22-40)31(35(29)24-27(36)30(28)45-35)33(42)38(20-6-2)26-18-16-25(17-19-26)37(7-3)8-4/h5-6,16-19,27-31,40H,1-2,7-15,20-24H2,3-4H3/t27?,28-,29+,30-,31?,35?/m1/s1. The lowest BCUT2D eigenvalue weighted by Crippen LogP contribution is -2.55. The molecule has 248 valence electrons. The van der Waals surface area contributed by atoms with Crippen LogP contribution in [0.15, 0.2) is 49.6 Å². The Morgan fingerprint density at radius 1 is 1.07 bits per heavy atom. The minimum Gasteiger partial charge on any atom is -0.465 e. The van der Waals surface area contributed by atoms with E-state index in [9.17, 15) is 19.5 Å². The number of aliphatic hydroxyl groups is 1. The van der Waals surface area contributed by atoms with Gasteiger partial charge in [-0.3, -0.25) is 14.4 Å². The van der Waals surface area contributed by atoms with Crippen LogP contribution in [-0.4, -0.2) is 88.0 Å². The molecular formula is C35H50BrN3O5S. The highest BCUT2D eigenvalue weighted by Gasteiger charge is 2.76. The number of hydrogen-bond donors (Lipinski definition) is 1. The number of ether oxygens (including phenoxy) is 1. The van der Waals surface area contributed by atoms with E-state index in [1.165, 1.54) is 0 Å². The number of anilines is 2. The Labute approximate surface area is 281 Å². The van der Waals surface area contributed by atoms with Crippen molar-refractivity contribution >= 4 is 56.9 Å². The zero-order valence-electron chi connectivity index (χ0n) is 26.9. The number of fused-ring (bicyclic) bond motifs is 1. The van der Waals surface area contributed by atoms with Crippen molar-refractivity contribution in [2.45, 2.75) is 86.1 Å². The molecule has 0 aliphatic carbocycles. The quantitative estimate of drug-likeness (QED) is 0.0822. The zero-order valence-corrected chi connectivity index (χ0v) is 29.3. The second-order valence-electron chi connectivity index (χ2n) is 12.2. The fraction of sp³-hybridized carbons (Fsp3) is 0.629. The summed E-state index contributed by atoms with van der Waals surface area (Å²) < 4.78 is 5.04. The molecule has 0 aromatic heterocycles. The van der Waals surface area contributed by atoms with Crippen LogP contribution in [0, 0.1) is 11.8 Å². The highest BCUT2D eigenvalue weighted by atomic mass is 79.9. The molecule has 8 nitrogen and oxygen atoms in total. The lowest BCUT2D eigenvalue weighted by molar-refractivity contribution is -0.154. The molecule has 1 spiro atoms. The summed E-state index contributed by atoms with van der Waals surface area (Å²) in [5.41, 5.74) is 1.85. The molecule has 3 aliphatic rings. The first-order chi connectivity index (χ1) is 21.8. The number of carbonyl (C=O) groups excluding carboxylic acids is 3. The van der Waals surface area contributed by atoms with Crippen molar-refractivity contribution < 1.29 is 24.2 Å². The molecule has 3 saturated heterocycles. The molecule has 1 aromatic rings. The van der Waals surface area contributed by atoms with E-state index in [2.05, 4.69) is 47.8 Å². The Hall–Kier alpha value is -2.30. The summed E-state index contributed by atoms with van der Waals surface area (Å²) in [4.78, 5) is 48.6. The summed E-state index contributed by atoms with van der Waals surface area (Å²) in [6, 6.07) is 7.31. The number of thioether (sulfide) groups is 1. The molecule has 3 fully saturated rings. The first-order valence-corrected chi connectivity index (χ1v) is 18.4. The molecule has 10 heteroatoms. The predicted octanol–water partition coefficient (Wildman–Crippen LogP) is 5.97. The molecule has 0 radical (unpaired) electrons.